The van der Waals surface area contributed by atoms with E-state index < -0.39 is 5.60 Å². The smallest absolute Gasteiger partial charge is 0.0629 e. The number of rotatable bonds is 4. The molecule has 92 valence electrons. The third-order valence-corrected chi connectivity index (χ3v) is 3.79. The van der Waals surface area contributed by atoms with Crippen molar-refractivity contribution in [3.05, 3.63) is 23.2 Å². The van der Waals surface area contributed by atoms with Gasteiger partial charge in [-0.2, -0.15) is 0 Å². The molecular formula is C13H21BrO2. The van der Waals surface area contributed by atoms with Crippen molar-refractivity contribution in [2.24, 2.45) is 11.3 Å². The number of hydrogen-bond acceptors (Lipinski definition) is 2. The lowest BCUT2D eigenvalue weighted by atomic mass is 9.61. The second-order valence-corrected chi connectivity index (χ2v) is 6.45. The van der Waals surface area contributed by atoms with Gasteiger partial charge in [0.05, 0.1) is 5.60 Å². The van der Waals surface area contributed by atoms with E-state index in [2.05, 4.69) is 34.7 Å². The quantitative estimate of drug-likeness (QED) is 0.781. The van der Waals surface area contributed by atoms with Gasteiger partial charge in [-0.25, -0.2) is 0 Å². The molecule has 1 aliphatic rings. The Hall–Kier alpha value is -0.120. The van der Waals surface area contributed by atoms with Gasteiger partial charge in [0, 0.05) is 12.0 Å². The summed E-state index contributed by atoms with van der Waals surface area (Å²) in [6.45, 7) is 7.57. The first-order chi connectivity index (χ1) is 7.32. The minimum absolute atomic E-state index is 0.0595. The molecule has 0 fully saturated rings. The van der Waals surface area contributed by atoms with Gasteiger partial charge in [-0.15, -0.1) is 0 Å². The van der Waals surface area contributed by atoms with Gasteiger partial charge < -0.3 is 10.2 Å². The Kier molecular flexibility index (Phi) is 4.38. The minimum atomic E-state index is -0.782. The number of allylic oxidation sites excluding steroid dienone is 3. The average Bonchev–Trinajstić information content (AvgIpc) is 2.15. The van der Waals surface area contributed by atoms with Crippen LogP contribution in [0.1, 0.15) is 33.1 Å². The van der Waals surface area contributed by atoms with Crippen LogP contribution in [-0.4, -0.2) is 22.4 Å². The normalized spacial score (nSPS) is 30.4. The molecule has 16 heavy (non-hydrogen) atoms. The molecule has 2 atom stereocenters. The second kappa shape index (κ2) is 5.03. The highest BCUT2D eigenvalue weighted by Crippen LogP contribution is 2.48. The van der Waals surface area contributed by atoms with Crippen LogP contribution in [-0.2, 0) is 0 Å². The number of hydrogen-bond donors (Lipinski definition) is 2. The third kappa shape index (κ3) is 2.96. The summed E-state index contributed by atoms with van der Waals surface area (Å²) in [6, 6.07) is 0. The van der Waals surface area contributed by atoms with Crippen molar-refractivity contribution in [2.75, 3.05) is 6.61 Å². The van der Waals surface area contributed by atoms with Crippen LogP contribution in [0, 0.1) is 11.3 Å². The molecule has 0 aromatic rings. The molecule has 3 heteroatoms. The predicted molar refractivity (Wildman–Crippen MR) is 70.4 cm³/mol. The molecule has 1 aliphatic carbocycles. The zero-order valence-corrected chi connectivity index (χ0v) is 11.6. The average molecular weight is 289 g/mol. The Morgan fingerprint density at radius 2 is 2.19 bits per heavy atom. The van der Waals surface area contributed by atoms with Crippen molar-refractivity contribution < 1.29 is 10.2 Å². The van der Waals surface area contributed by atoms with Crippen molar-refractivity contribution in [3.63, 3.8) is 0 Å². The van der Waals surface area contributed by atoms with E-state index in [4.69, 9.17) is 0 Å². The highest BCUT2D eigenvalue weighted by molar-refractivity contribution is 9.11. The summed E-state index contributed by atoms with van der Waals surface area (Å²) in [5.74, 6) is 0.0595. The van der Waals surface area contributed by atoms with Crippen LogP contribution in [0.15, 0.2) is 23.2 Å². The van der Waals surface area contributed by atoms with Gasteiger partial charge in [0.25, 0.3) is 0 Å². The van der Waals surface area contributed by atoms with Gasteiger partial charge in [-0.1, -0.05) is 34.7 Å². The lowest BCUT2D eigenvalue weighted by Gasteiger charge is -2.46. The molecule has 2 nitrogen and oxygen atoms in total. The molecule has 0 aromatic heterocycles. The fourth-order valence-corrected chi connectivity index (χ4v) is 3.35. The number of aliphatic hydroxyl groups is 2. The monoisotopic (exact) mass is 288 g/mol. The van der Waals surface area contributed by atoms with Crippen molar-refractivity contribution in [2.45, 2.75) is 38.7 Å². The Morgan fingerprint density at radius 1 is 1.56 bits per heavy atom. The molecule has 0 amide bonds. The minimum Gasteiger partial charge on any atom is -0.396 e. The molecule has 1 rings (SSSR count). The highest BCUT2D eigenvalue weighted by atomic mass is 79.9. The van der Waals surface area contributed by atoms with Crippen LogP contribution in [0.5, 0.6) is 0 Å². The lowest BCUT2D eigenvalue weighted by molar-refractivity contribution is -0.0726. The van der Waals surface area contributed by atoms with Crippen LogP contribution >= 0.6 is 15.9 Å². The van der Waals surface area contributed by atoms with Gasteiger partial charge in [-0.05, 0) is 43.5 Å². The maximum atomic E-state index is 10.2. The van der Waals surface area contributed by atoms with Crippen molar-refractivity contribution in [3.8, 4) is 0 Å². The fourth-order valence-electron chi connectivity index (χ4n) is 2.79. The maximum Gasteiger partial charge on any atom is 0.0629 e. The predicted octanol–water partition coefficient (Wildman–Crippen LogP) is 3.00. The third-order valence-electron chi connectivity index (χ3n) is 3.51. The molecule has 0 aliphatic heterocycles. The Labute approximate surface area is 106 Å². The molecule has 0 heterocycles. The van der Waals surface area contributed by atoms with E-state index in [1.165, 1.54) is 0 Å². The topological polar surface area (TPSA) is 40.5 Å². The summed E-state index contributed by atoms with van der Waals surface area (Å²) in [4.78, 5) is 0. The molecule has 0 bridgehead atoms. The van der Waals surface area contributed by atoms with Gasteiger partial charge in [-0.3, -0.25) is 0 Å². The van der Waals surface area contributed by atoms with E-state index in [0.29, 0.717) is 6.42 Å². The molecule has 0 spiro atoms. The number of aliphatic hydroxyl groups excluding tert-OH is 1. The van der Waals surface area contributed by atoms with Gasteiger partial charge in [0.15, 0.2) is 0 Å². The van der Waals surface area contributed by atoms with Crippen LogP contribution in [0.4, 0.5) is 0 Å². The summed E-state index contributed by atoms with van der Waals surface area (Å²) in [7, 11) is 0. The van der Waals surface area contributed by atoms with Crippen molar-refractivity contribution in [1.82, 2.24) is 0 Å². The van der Waals surface area contributed by atoms with E-state index in [0.717, 1.165) is 17.3 Å². The molecular weight excluding hydrogens is 268 g/mol. The summed E-state index contributed by atoms with van der Waals surface area (Å²) < 4.78 is 0.881. The number of halogens is 1. The zero-order valence-electron chi connectivity index (χ0n) is 10.0. The first kappa shape index (κ1) is 13.9. The largest absolute Gasteiger partial charge is 0.396 e. The van der Waals surface area contributed by atoms with Crippen LogP contribution < -0.4 is 0 Å². The Bertz CT molecular complexity index is 291. The first-order valence-electron chi connectivity index (χ1n) is 5.63. The summed E-state index contributed by atoms with van der Waals surface area (Å²) in [6.07, 6.45) is 6.48. The van der Waals surface area contributed by atoms with E-state index in [1.807, 2.05) is 13.8 Å². The van der Waals surface area contributed by atoms with E-state index in [1.54, 1.807) is 0 Å². The molecule has 0 saturated carbocycles. The maximum absolute atomic E-state index is 10.2. The van der Waals surface area contributed by atoms with Crippen molar-refractivity contribution >= 4 is 15.9 Å². The molecule has 0 radical (unpaired) electrons. The summed E-state index contributed by atoms with van der Waals surface area (Å²) in [5.41, 5.74) is -1.07. The lowest BCUT2D eigenvalue weighted by Crippen LogP contribution is -2.47. The van der Waals surface area contributed by atoms with Crippen LogP contribution in [0.2, 0.25) is 0 Å². The first-order valence-corrected chi connectivity index (χ1v) is 6.43. The van der Waals surface area contributed by atoms with Gasteiger partial charge in [0.1, 0.15) is 0 Å². The van der Waals surface area contributed by atoms with Crippen LogP contribution in [0.25, 0.3) is 0 Å². The van der Waals surface area contributed by atoms with E-state index in [-0.39, 0.29) is 17.9 Å². The zero-order chi connectivity index (χ0) is 12.4. The van der Waals surface area contributed by atoms with Crippen LogP contribution in [0.3, 0.4) is 0 Å². The molecule has 0 unspecified atom stereocenters. The summed E-state index contributed by atoms with van der Waals surface area (Å²) >= 11 is 3.37. The second-order valence-electron chi connectivity index (χ2n) is 5.33. The SMILES string of the molecule is C=C(Br)C[C@]1(CO)CC=CC[C@H]1C(C)(C)O. The molecule has 0 aromatic carbocycles. The van der Waals surface area contributed by atoms with Gasteiger partial charge >= 0.3 is 0 Å². The summed E-state index contributed by atoms with van der Waals surface area (Å²) in [5, 5.41) is 19.9. The Morgan fingerprint density at radius 3 is 2.62 bits per heavy atom. The molecule has 0 saturated heterocycles. The van der Waals surface area contributed by atoms with E-state index >= 15 is 0 Å². The Balaban J connectivity index is 3.02. The van der Waals surface area contributed by atoms with Gasteiger partial charge in [0.2, 0.25) is 0 Å². The van der Waals surface area contributed by atoms with Crippen molar-refractivity contribution in [1.29, 1.82) is 0 Å². The molecule has 2 N–H and O–H groups in total. The van der Waals surface area contributed by atoms with E-state index in [9.17, 15) is 10.2 Å². The standard InChI is InChI=1S/C13H21BrO2/c1-10(14)8-13(9-15)7-5-4-6-11(13)12(2,3)16/h4-5,11,15-16H,1,6-9H2,2-3H3/t11-,13-/m0/s1. The fraction of sp³-hybridized carbons (Fsp3) is 0.692. The highest BCUT2D eigenvalue weighted by Gasteiger charge is 2.45.